The molecule has 0 spiro atoms. The van der Waals surface area contributed by atoms with E-state index in [1.807, 2.05) is 12.1 Å². The van der Waals surface area contributed by atoms with Crippen molar-refractivity contribution in [2.24, 2.45) is 4.99 Å². The summed E-state index contributed by atoms with van der Waals surface area (Å²) < 4.78 is 0. The van der Waals surface area contributed by atoms with Crippen LogP contribution in [-0.4, -0.2) is 11.8 Å². The summed E-state index contributed by atoms with van der Waals surface area (Å²) in [6.07, 6.45) is 1.06. The molecule has 0 N–H and O–H groups in total. The maximum atomic E-state index is 4.85. The van der Waals surface area contributed by atoms with Gasteiger partial charge in [0.25, 0.3) is 0 Å². The molecule has 0 bridgehead atoms. The number of rotatable bonds is 4. The molecule has 18 heavy (non-hydrogen) atoms. The lowest BCUT2D eigenvalue weighted by Crippen LogP contribution is -2.08. The van der Waals surface area contributed by atoms with Crippen molar-refractivity contribution < 1.29 is 0 Å². The quantitative estimate of drug-likeness (QED) is 0.702. The molecule has 1 heteroatoms. The van der Waals surface area contributed by atoms with Crippen molar-refractivity contribution in [2.45, 2.75) is 26.3 Å². The predicted molar refractivity (Wildman–Crippen MR) is 78.3 cm³/mol. The standard InChI is InChI=1S/C17H19N/c1-3-14(2)18-17(15-10-6-4-7-11-15)16-12-8-5-9-13-16/h4-14H,3H2,1-2H3. The second-order valence-corrected chi connectivity index (χ2v) is 4.47. The molecule has 2 aromatic carbocycles. The molecule has 2 aromatic rings. The highest BCUT2D eigenvalue weighted by atomic mass is 14.8. The number of nitrogens with zero attached hydrogens (tertiary/aromatic N) is 1. The van der Waals surface area contributed by atoms with Crippen LogP contribution in [0.2, 0.25) is 0 Å². The van der Waals surface area contributed by atoms with Crippen molar-refractivity contribution in [3.05, 3.63) is 71.8 Å². The van der Waals surface area contributed by atoms with E-state index in [9.17, 15) is 0 Å². The number of hydrogen-bond acceptors (Lipinski definition) is 1. The minimum Gasteiger partial charge on any atom is -0.281 e. The molecule has 0 heterocycles. The van der Waals surface area contributed by atoms with Crippen molar-refractivity contribution in [3.63, 3.8) is 0 Å². The molecule has 2 rings (SSSR count). The van der Waals surface area contributed by atoms with E-state index in [2.05, 4.69) is 62.4 Å². The molecule has 0 saturated heterocycles. The lowest BCUT2D eigenvalue weighted by molar-refractivity contribution is 0.718. The summed E-state index contributed by atoms with van der Waals surface area (Å²) in [6, 6.07) is 21.1. The van der Waals surface area contributed by atoms with Crippen LogP contribution in [-0.2, 0) is 0 Å². The highest BCUT2D eigenvalue weighted by molar-refractivity contribution is 6.12. The van der Waals surface area contributed by atoms with Crippen LogP contribution in [0.1, 0.15) is 31.4 Å². The van der Waals surface area contributed by atoms with E-state index in [0.29, 0.717) is 6.04 Å². The lowest BCUT2D eigenvalue weighted by atomic mass is 10.0. The van der Waals surface area contributed by atoms with Crippen molar-refractivity contribution in [1.29, 1.82) is 0 Å². The third-order valence-electron chi connectivity index (χ3n) is 3.03. The van der Waals surface area contributed by atoms with E-state index < -0.39 is 0 Å². The Morgan fingerprint density at radius 3 is 1.72 bits per heavy atom. The molecule has 0 aliphatic heterocycles. The van der Waals surface area contributed by atoms with Crippen LogP contribution in [0, 0.1) is 0 Å². The monoisotopic (exact) mass is 237 g/mol. The maximum Gasteiger partial charge on any atom is 0.0722 e. The minimum absolute atomic E-state index is 0.348. The first kappa shape index (κ1) is 12.6. The van der Waals surface area contributed by atoms with Gasteiger partial charge in [-0.3, -0.25) is 4.99 Å². The Kier molecular flexibility index (Phi) is 4.30. The van der Waals surface area contributed by atoms with Crippen LogP contribution in [0.3, 0.4) is 0 Å². The van der Waals surface area contributed by atoms with E-state index in [1.165, 1.54) is 11.1 Å². The Hall–Kier alpha value is -1.89. The van der Waals surface area contributed by atoms with Gasteiger partial charge in [-0.1, -0.05) is 67.6 Å². The molecule has 0 radical (unpaired) electrons. The van der Waals surface area contributed by atoms with E-state index in [-0.39, 0.29) is 0 Å². The lowest BCUT2D eigenvalue weighted by Gasteiger charge is -2.10. The average molecular weight is 237 g/mol. The van der Waals surface area contributed by atoms with Crippen LogP contribution in [0.5, 0.6) is 0 Å². The second kappa shape index (κ2) is 6.15. The first-order valence-corrected chi connectivity index (χ1v) is 6.50. The second-order valence-electron chi connectivity index (χ2n) is 4.47. The molecule has 0 aliphatic carbocycles. The average Bonchev–Trinajstić information content (AvgIpc) is 2.46. The van der Waals surface area contributed by atoms with Gasteiger partial charge in [0, 0.05) is 17.2 Å². The molecule has 1 unspecified atom stereocenters. The summed E-state index contributed by atoms with van der Waals surface area (Å²) in [7, 11) is 0. The first-order valence-electron chi connectivity index (χ1n) is 6.50. The summed E-state index contributed by atoms with van der Waals surface area (Å²) in [6.45, 7) is 4.33. The Labute approximate surface area is 109 Å². The fourth-order valence-corrected chi connectivity index (χ4v) is 1.82. The molecule has 0 amide bonds. The van der Waals surface area contributed by atoms with Gasteiger partial charge < -0.3 is 0 Å². The predicted octanol–water partition coefficient (Wildman–Crippen LogP) is 4.32. The fourth-order valence-electron chi connectivity index (χ4n) is 1.82. The SMILES string of the molecule is CCC(C)N=C(c1ccccc1)c1ccccc1. The van der Waals surface area contributed by atoms with E-state index in [1.54, 1.807) is 0 Å². The van der Waals surface area contributed by atoms with Crippen LogP contribution in [0.25, 0.3) is 0 Å². The Balaban J connectivity index is 2.45. The van der Waals surface area contributed by atoms with Crippen molar-refractivity contribution in [3.8, 4) is 0 Å². The first-order chi connectivity index (χ1) is 8.81. The Morgan fingerprint density at radius 1 is 0.889 bits per heavy atom. The zero-order valence-electron chi connectivity index (χ0n) is 11.0. The zero-order valence-corrected chi connectivity index (χ0v) is 11.0. The van der Waals surface area contributed by atoms with Gasteiger partial charge in [-0.15, -0.1) is 0 Å². The van der Waals surface area contributed by atoms with Gasteiger partial charge in [0.05, 0.1) is 5.71 Å². The van der Waals surface area contributed by atoms with Crippen molar-refractivity contribution in [2.75, 3.05) is 0 Å². The van der Waals surface area contributed by atoms with Gasteiger partial charge in [-0.05, 0) is 13.3 Å². The molecular formula is C17H19N. The summed E-state index contributed by atoms with van der Waals surface area (Å²) in [5, 5.41) is 0. The van der Waals surface area contributed by atoms with Gasteiger partial charge in [-0.25, -0.2) is 0 Å². The fraction of sp³-hybridized carbons (Fsp3) is 0.235. The summed E-state index contributed by atoms with van der Waals surface area (Å²) in [5.41, 5.74) is 3.46. The van der Waals surface area contributed by atoms with Crippen molar-refractivity contribution >= 4 is 5.71 Å². The van der Waals surface area contributed by atoms with Gasteiger partial charge >= 0.3 is 0 Å². The normalized spacial score (nSPS) is 11.9. The maximum absolute atomic E-state index is 4.85. The largest absolute Gasteiger partial charge is 0.281 e. The van der Waals surface area contributed by atoms with E-state index >= 15 is 0 Å². The molecular weight excluding hydrogens is 218 g/mol. The Bertz CT molecular complexity index is 458. The topological polar surface area (TPSA) is 12.4 Å². The van der Waals surface area contributed by atoms with Crippen LogP contribution < -0.4 is 0 Å². The molecule has 0 fully saturated rings. The third kappa shape index (κ3) is 3.07. The van der Waals surface area contributed by atoms with Crippen LogP contribution in [0.15, 0.2) is 65.7 Å². The van der Waals surface area contributed by atoms with Crippen molar-refractivity contribution in [1.82, 2.24) is 0 Å². The van der Waals surface area contributed by atoms with E-state index in [0.717, 1.165) is 12.1 Å². The molecule has 0 saturated carbocycles. The Morgan fingerprint density at radius 2 is 1.33 bits per heavy atom. The number of hydrogen-bond donors (Lipinski definition) is 0. The molecule has 0 aromatic heterocycles. The van der Waals surface area contributed by atoms with Gasteiger partial charge in [0.15, 0.2) is 0 Å². The molecule has 1 atom stereocenters. The van der Waals surface area contributed by atoms with Gasteiger partial charge in [0.2, 0.25) is 0 Å². The summed E-state index contributed by atoms with van der Waals surface area (Å²) in [5.74, 6) is 0. The number of benzene rings is 2. The molecule has 1 nitrogen and oxygen atoms in total. The third-order valence-corrected chi connectivity index (χ3v) is 3.03. The minimum atomic E-state index is 0.348. The van der Waals surface area contributed by atoms with E-state index in [4.69, 9.17) is 4.99 Å². The summed E-state index contributed by atoms with van der Waals surface area (Å²) >= 11 is 0. The molecule has 0 aliphatic rings. The van der Waals surface area contributed by atoms with Gasteiger partial charge in [0.1, 0.15) is 0 Å². The zero-order chi connectivity index (χ0) is 12.8. The summed E-state index contributed by atoms with van der Waals surface area (Å²) in [4.78, 5) is 4.85. The van der Waals surface area contributed by atoms with Crippen LogP contribution >= 0.6 is 0 Å². The van der Waals surface area contributed by atoms with Gasteiger partial charge in [-0.2, -0.15) is 0 Å². The number of aliphatic imine (C=N–C) groups is 1. The smallest absolute Gasteiger partial charge is 0.0722 e. The van der Waals surface area contributed by atoms with Crippen LogP contribution in [0.4, 0.5) is 0 Å². The molecule has 92 valence electrons. The highest BCUT2D eigenvalue weighted by Gasteiger charge is 2.07. The highest BCUT2D eigenvalue weighted by Crippen LogP contribution is 2.12.